The third kappa shape index (κ3) is 2.61. The zero-order chi connectivity index (χ0) is 11.6. The van der Waals surface area contributed by atoms with Gasteiger partial charge in [-0.15, -0.1) is 11.6 Å². The molecule has 0 bridgehead atoms. The van der Waals surface area contributed by atoms with Crippen LogP contribution in [0.5, 0.6) is 0 Å². The second kappa shape index (κ2) is 4.81. The van der Waals surface area contributed by atoms with Gasteiger partial charge in [0.25, 0.3) is 0 Å². The van der Waals surface area contributed by atoms with Crippen LogP contribution in [0.4, 0.5) is 4.39 Å². The van der Waals surface area contributed by atoms with Gasteiger partial charge in [-0.1, -0.05) is 11.6 Å². The molecule has 1 aromatic carbocycles. The van der Waals surface area contributed by atoms with E-state index in [2.05, 4.69) is 4.74 Å². The molecule has 0 amide bonds. The van der Waals surface area contributed by atoms with Crippen LogP contribution in [-0.4, -0.2) is 13.1 Å². The van der Waals surface area contributed by atoms with Crippen molar-refractivity contribution in [3.63, 3.8) is 0 Å². The van der Waals surface area contributed by atoms with Gasteiger partial charge in [-0.3, -0.25) is 4.79 Å². The lowest BCUT2D eigenvalue weighted by Crippen LogP contribution is -2.09. The average molecular weight is 251 g/mol. The molecule has 0 aliphatic rings. The topological polar surface area (TPSA) is 26.3 Å². The SMILES string of the molecule is COC(=O)C(Cl)c1cc(F)c(C)cc1Cl. The Hall–Kier alpha value is -0.800. The van der Waals surface area contributed by atoms with Gasteiger partial charge in [-0.2, -0.15) is 0 Å². The fourth-order valence-electron chi connectivity index (χ4n) is 1.09. The second-order valence-electron chi connectivity index (χ2n) is 3.01. The van der Waals surface area contributed by atoms with Gasteiger partial charge in [0.15, 0.2) is 5.38 Å². The molecule has 0 saturated carbocycles. The van der Waals surface area contributed by atoms with Crippen LogP contribution in [0.3, 0.4) is 0 Å². The molecule has 0 aliphatic heterocycles. The van der Waals surface area contributed by atoms with Gasteiger partial charge in [0.05, 0.1) is 7.11 Å². The van der Waals surface area contributed by atoms with Crippen molar-refractivity contribution in [1.29, 1.82) is 0 Å². The first-order valence-corrected chi connectivity index (χ1v) is 4.96. The van der Waals surface area contributed by atoms with Crippen molar-refractivity contribution in [2.45, 2.75) is 12.3 Å². The molecule has 0 saturated heterocycles. The van der Waals surface area contributed by atoms with E-state index in [4.69, 9.17) is 23.2 Å². The van der Waals surface area contributed by atoms with Crippen molar-refractivity contribution in [2.75, 3.05) is 7.11 Å². The molecule has 2 nitrogen and oxygen atoms in total. The van der Waals surface area contributed by atoms with E-state index in [1.807, 2.05) is 0 Å². The molecule has 0 heterocycles. The molecule has 15 heavy (non-hydrogen) atoms. The summed E-state index contributed by atoms with van der Waals surface area (Å²) in [6, 6.07) is 2.57. The van der Waals surface area contributed by atoms with Crippen molar-refractivity contribution < 1.29 is 13.9 Å². The summed E-state index contributed by atoms with van der Waals surface area (Å²) in [6.45, 7) is 1.58. The van der Waals surface area contributed by atoms with E-state index in [0.717, 1.165) is 6.07 Å². The van der Waals surface area contributed by atoms with Crippen molar-refractivity contribution in [1.82, 2.24) is 0 Å². The van der Waals surface area contributed by atoms with Crippen LogP contribution in [0.1, 0.15) is 16.5 Å². The highest BCUT2D eigenvalue weighted by Crippen LogP contribution is 2.30. The summed E-state index contributed by atoms with van der Waals surface area (Å²) < 4.78 is 17.7. The number of carbonyl (C=O) groups excluding carboxylic acids is 1. The van der Waals surface area contributed by atoms with Crippen LogP contribution in [0.2, 0.25) is 5.02 Å². The number of methoxy groups -OCH3 is 1. The van der Waals surface area contributed by atoms with Crippen molar-refractivity contribution >= 4 is 29.2 Å². The Morgan fingerprint density at radius 2 is 2.13 bits per heavy atom. The predicted molar refractivity (Wildman–Crippen MR) is 56.8 cm³/mol. The Labute approximate surface area is 96.9 Å². The van der Waals surface area contributed by atoms with Crippen molar-refractivity contribution in [3.05, 3.63) is 34.1 Å². The van der Waals surface area contributed by atoms with Crippen LogP contribution in [0.25, 0.3) is 0 Å². The first-order chi connectivity index (χ1) is 6.97. The molecule has 0 N–H and O–H groups in total. The van der Waals surface area contributed by atoms with E-state index in [9.17, 15) is 9.18 Å². The molecule has 0 radical (unpaired) electrons. The number of ether oxygens (including phenoxy) is 1. The summed E-state index contributed by atoms with van der Waals surface area (Å²) in [5.41, 5.74) is 0.616. The molecule has 1 aromatic rings. The van der Waals surface area contributed by atoms with Gasteiger partial charge in [-0.25, -0.2) is 4.39 Å². The summed E-state index contributed by atoms with van der Waals surface area (Å²) in [4.78, 5) is 11.1. The van der Waals surface area contributed by atoms with Gasteiger partial charge in [0.1, 0.15) is 5.82 Å². The Morgan fingerprint density at radius 1 is 1.53 bits per heavy atom. The molecular weight excluding hydrogens is 242 g/mol. The maximum atomic E-state index is 13.2. The van der Waals surface area contributed by atoms with Crippen LogP contribution >= 0.6 is 23.2 Å². The normalized spacial score (nSPS) is 12.3. The van der Waals surface area contributed by atoms with E-state index in [0.29, 0.717) is 5.56 Å². The van der Waals surface area contributed by atoms with Crippen LogP contribution in [0.15, 0.2) is 12.1 Å². The highest BCUT2D eigenvalue weighted by Gasteiger charge is 2.22. The van der Waals surface area contributed by atoms with Gasteiger partial charge in [0.2, 0.25) is 0 Å². The van der Waals surface area contributed by atoms with E-state index >= 15 is 0 Å². The summed E-state index contributed by atoms with van der Waals surface area (Å²) in [5.74, 6) is -1.12. The molecule has 1 atom stereocenters. The fourth-order valence-corrected chi connectivity index (χ4v) is 1.74. The summed E-state index contributed by atoms with van der Waals surface area (Å²) in [6.07, 6.45) is 0. The largest absolute Gasteiger partial charge is 0.468 e. The second-order valence-corrected chi connectivity index (χ2v) is 3.85. The lowest BCUT2D eigenvalue weighted by atomic mass is 10.1. The predicted octanol–water partition coefficient (Wildman–Crippen LogP) is 3.24. The first-order valence-electron chi connectivity index (χ1n) is 4.14. The minimum atomic E-state index is -1.09. The van der Waals surface area contributed by atoms with Gasteiger partial charge in [-0.05, 0) is 24.6 Å². The molecule has 5 heteroatoms. The highest BCUT2D eigenvalue weighted by atomic mass is 35.5. The quantitative estimate of drug-likeness (QED) is 0.595. The van der Waals surface area contributed by atoms with Crippen LogP contribution < -0.4 is 0 Å². The van der Waals surface area contributed by atoms with Gasteiger partial charge >= 0.3 is 5.97 Å². The average Bonchev–Trinajstić information content (AvgIpc) is 2.21. The molecule has 1 rings (SSSR count). The number of alkyl halides is 1. The Morgan fingerprint density at radius 3 is 2.67 bits per heavy atom. The molecule has 0 aromatic heterocycles. The summed E-state index contributed by atoms with van der Waals surface area (Å²) in [7, 11) is 1.20. The van der Waals surface area contributed by atoms with Gasteiger partial charge < -0.3 is 4.74 Å². The molecule has 0 aliphatic carbocycles. The first kappa shape index (κ1) is 12.3. The third-order valence-corrected chi connectivity index (χ3v) is 2.70. The summed E-state index contributed by atoms with van der Waals surface area (Å²) in [5, 5.41) is -0.836. The lowest BCUT2D eigenvalue weighted by molar-refractivity contribution is -0.140. The third-order valence-electron chi connectivity index (χ3n) is 1.96. The standard InChI is InChI=1S/C10H9Cl2FO2/c1-5-3-7(11)6(4-8(5)13)9(12)10(14)15-2/h3-4,9H,1-2H3. The van der Waals surface area contributed by atoms with E-state index in [-0.39, 0.29) is 10.6 Å². The number of aryl methyl sites for hydroxylation is 1. The summed E-state index contributed by atoms with van der Waals surface area (Å²) >= 11 is 11.6. The van der Waals surface area contributed by atoms with E-state index in [1.165, 1.54) is 13.2 Å². The highest BCUT2D eigenvalue weighted by molar-refractivity contribution is 6.35. The molecule has 82 valence electrons. The number of hydrogen-bond acceptors (Lipinski definition) is 2. The van der Waals surface area contributed by atoms with E-state index < -0.39 is 17.2 Å². The zero-order valence-corrected chi connectivity index (χ0v) is 9.69. The number of carbonyl (C=O) groups is 1. The smallest absolute Gasteiger partial charge is 0.328 e. The Kier molecular flexibility index (Phi) is 3.94. The minimum Gasteiger partial charge on any atom is -0.468 e. The lowest BCUT2D eigenvalue weighted by Gasteiger charge is -2.10. The Bertz CT molecular complexity index is 393. The van der Waals surface area contributed by atoms with Crippen molar-refractivity contribution in [2.24, 2.45) is 0 Å². The number of hydrogen-bond donors (Lipinski definition) is 0. The molecule has 0 fully saturated rings. The monoisotopic (exact) mass is 250 g/mol. The van der Waals surface area contributed by atoms with Crippen LogP contribution in [-0.2, 0) is 9.53 Å². The number of benzene rings is 1. The maximum absolute atomic E-state index is 13.2. The maximum Gasteiger partial charge on any atom is 0.328 e. The van der Waals surface area contributed by atoms with Crippen molar-refractivity contribution in [3.8, 4) is 0 Å². The molecule has 0 spiro atoms. The number of halogens is 3. The van der Waals surface area contributed by atoms with Gasteiger partial charge in [0, 0.05) is 10.6 Å². The Balaban J connectivity index is 3.14. The molecule has 1 unspecified atom stereocenters. The van der Waals surface area contributed by atoms with Crippen LogP contribution in [0, 0.1) is 12.7 Å². The van der Waals surface area contributed by atoms with E-state index in [1.54, 1.807) is 6.92 Å². The minimum absolute atomic E-state index is 0.216. The zero-order valence-electron chi connectivity index (χ0n) is 8.18. The number of esters is 1. The molecular formula is C10H9Cl2FO2. The fraction of sp³-hybridized carbons (Fsp3) is 0.300. The number of rotatable bonds is 2.